The number of hydrogen-bond donors (Lipinski definition) is 0. The van der Waals surface area contributed by atoms with Crippen molar-refractivity contribution in [2.45, 2.75) is 12.5 Å². The van der Waals surface area contributed by atoms with E-state index in [1.165, 1.54) is 32.4 Å². The van der Waals surface area contributed by atoms with Crippen LogP contribution in [0.1, 0.15) is 33.9 Å². The first kappa shape index (κ1) is 24.8. The maximum absolute atomic E-state index is 14.9. The largest absolute Gasteiger partial charge is 0.497 e. The van der Waals surface area contributed by atoms with Gasteiger partial charge in [0.1, 0.15) is 17.3 Å². The molecule has 36 heavy (non-hydrogen) atoms. The van der Waals surface area contributed by atoms with Crippen LogP contribution in [-0.2, 0) is 0 Å². The second-order valence-electron chi connectivity index (χ2n) is 7.92. The van der Waals surface area contributed by atoms with Crippen LogP contribution in [0, 0.1) is 5.82 Å². The third-order valence-corrected chi connectivity index (χ3v) is 6.01. The summed E-state index contributed by atoms with van der Waals surface area (Å²) in [6.07, 6.45) is 0.278. The zero-order valence-corrected chi connectivity index (χ0v) is 20.7. The van der Waals surface area contributed by atoms with Gasteiger partial charge in [-0.05, 0) is 30.3 Å². The van der Waals surface area contributed by atoms with Crippen LogP contribution in [0.2, 0.25) is 0 Å². The average Bonchev–Trinajstić information content (AvgIpc) is 3.36. The Morgan fingerprint density at radius 3 is 2.11 bits per heavy atom. The van der Waals surface area contributed by atoms with Crippen LogP contribution in [0.5, 0.6) is 28.7 Å². The van der Waals surface area contributed by atoms with Gasteiger partial charge in [-0.2, -0.15) is 5.10 Å². The van der Waals surface area contributed by atoms with E-state index >= 15 is 0 Å². The van der Waals surface area contributed by atoms with Crippen LogP contribution in [0.4, 0.5) is 4.39 Å². The highest BCUT2D eigenvalue weighted by Crippen LogP contribution is 2.41. The van der Waals surface area contributed by atoms with Gasteiger partial charge in [0, 0.05) is 29.2 Å². The first-order chi connectivity index (χ1) is 17.4. The van der Waals surface area contributed by atoms with E-state index in [1.54, 1.807) is 56.7 Å². The van der Waals surface area contributed by atoms with Crippen molar-refractivity contribution in [2.24, 2.45) is 5.10 Å². The van der Waals surface area contributed by atoms with Gasteiger partial charge < -0.3 is 23.7 Å². The second kappa shape index (κ2) is 10.6. The van der Waals surface area contributed by atoms with Crippen molar-refractivity contribution in [3.63, 3.8) is 0 Å². The van der Waals surface area contributed by atoms with Crippen molar-refractivity contribution in [1.82, 2.24) is 5.01 Å². The molecular formula is C27H27FN2O6. The number of amides is 1. The fourth-order valence-electron chi connectivity index (χ4n) is 4.22. The lowest BCUT2D eigenvalue weighted by molar-refractivity contribution is 0.0708. The summed E-state index contributed by atoms with van der Waals surface area (Å²) in [4.78, 5) is 13.8. The standard InChI is InChI=1S/C27H27FN2O6/c1-32-17-10-11-19(23(14-17)33-2)21-15-22(18-8-6-7-9-20(18)28)30(29-21)27(31)16-12-24(34-3)26(36-5)25(13-16)35-4/h6-14,22H,15H2,1-5H3/t22-/m1/s1. The SMILES string of the molecule is COc1ccc(C2=NN(C(=O)c3cc(OC)c(OC)c(OC)c3)[C@@H](c3ccccc3F)C2)c(OC)c1. The molecule has 1 atom stereocenters. The average molecular weight is 495 g/mol. The summed E-state index contributed by atoms with van der Waals surface area (Å²) in [6.45, 7) is 0. The van der Waals surface area contributed by atoms with E-state index in [9.17, 15) is 9.18 Å². The Morgan fingerprint density at radius 2 is 1.53 bits per heavy atom. The van der Waals surface area contributed by atoms with Crippen molar-refractivity contribution >= 4 is 11.6 Å². The molecule has 4 rings (SSSR count). The molecule has 1 aliphatic rings. The number of halogens is 1. The fourth-order valence-corrected chi connectivity index (χ4v) is 4.22. The highest BCUT2D eigenvalue weighted by molar-refractivity contribution is 6.07. The maximum atomic E-state index is 14.9. The summed E-state index contributed by atoms with van der Waals surface area (Å²) in [6, 6.07) is 14.1. The van der Waals surface area contributed by atoms with Gasteiger partial charge in [0.05, 0.1) is 47.3 Å². The van der Waals surface area contributed by atoms with Gasteiger partial charge in [-0.15, -0.1) is 0 Å². The van der Waals surface area contributed by atoms with E-state index in [2.05, 4.69) is 5.10 Å². The number of benzene rings is 3. The lowest BCUT2D eigenvalue weighted by atomic mass is 9.97. The van der Waals surface area contributed by atoms with Crippen LogP contribution in [-0.4, -0.2) is 52.2 Å². The van der Waals surface area contributed by atoms with Gasteiger partial charge in [-0.25, -0.2) is 9.40 Å². The third kappa shape index (κ3) is 4.51. The Kier molecular flexibility index (Phi) is 7.28. The Morgan fingerprint density at radius 1 is 0.861 bits per heavy atom. The number of rotatable bonds is 8. The molecule has 0 spiro atoms. The van der Waals surface area contributed by atoms with Crippen LogP contribution in [0.15, 0.2) is 59.7 Å². The number of methoxy groups -OCH3 is 5. The van der Waals surface area contributed by atoms with E-state index in [0.29, 0.717) is 45.6 Å². The van der Waals surface area contributed by atoms with Crippen molar-refractivity contribution in [1.29, 1.82) is 0 Å². The number of nitrogens with zero attached hydrogens (tertiary/aromatic N) is 2. The number of carbonyl (C=O) groups is 1. The molecule has 9 heteroatoms. The molecule has 1 heterocycles. The zero-order chi connectivity index (χ0) is 25.8. The summed E-state index contributed by atoms with van der Waals surface area (Å²) < 4.78 is 41.9. The Labute approximate surface area is 208 Å². The number of hydrogen-bond acceptors (Lipinski definition) is 7. The number of carbonyl (C=O) groups excluding carboxylic acids is 1. The summed E-state index contributed by atoms with van der Waals surface area (Å²) >= 11 is 0. The van der Waals surface area contributed by atoms with E-state index in [-0.39, 0.29) is 12.0 Å². The first-order valence-electron chi connectivity index (χ1n) is 11.1. The Hall–Kier alpha value is -4.27. The number of hydrazone groups is 1. The molecule has 0 unspecified atom stereocenters. The van der Waals surface area contributed by atoms with Crippen LogP contribution in [0.3, 0.4) is 0 Å². The topological polar surface area (TPSA) is 78.8 Å². The molecule has 0 radical (unpaired) electrons. The molecule has 0 saturated heterocycles. The van der Waals surface area contributed by atoms with Crippen molar-refractivity contribution in [3.05, 3.63) is 77.1 Å². The quantitative estimate of drug-likeness (QED) is 0.445. The lowest BCUT2D eigenvalue weighted by Crippen LogP contribution is -2.27. The van der Waals surface area contributed by atoms with E-state index in [1.807, 2.05) is 6.07 Å². The molecule has 188 valence electrons. The lowest BCUT2D eigenvalue weighted by Gasteiger charge is -2.23. The summed E-state index contributed by atoms with van der Waals surface area (Å²) in [7, 11) is 7.52. The van der Waals surface area contributed by atoms with Gasteiger partial charge in [0.15, 0.2) is 11.5 Å². The molecule has 1 amide bonds. The van der Waals surface area contributed by atoms with E-state index in [0.717, 1.165) is 0 Å². The van der Waals surface area contributed by atoms with Crippen LogP contribution >= 0.6 is 0 Å². The first-order valence-corrected chi connectivity index (χ1v) is 11.1. The Bertz CT molecular complexity index is 1280. The second-order valence-corrected chi connectivity index (χ2v) is 7.92. The molecule has 3 aromatic carbocycles. The molecule has 0 bridgehead atoms. The van der Waals surface area contributed by atoms with Crippen molar-refractivity contribution in [3.8, 4) is 28.7 Å². The predicted octanol–water partition coefficient (Wildman–Crippen LogP) is 4.86. The summed E-state index contributed by atoms with van der Waals surface area (Å²) in [5.41, 5.74) is 1.85. The minimum Gasteiger partial charge on any atom is -0.497 e. The van der Waals surface area contributed by atoms with Gasteiger partial charge in [-0.3, -0.25) is 4.79 Å². The Balaban J connectivity index is 1.83. The summed E-state index contributed by atoms with van der Waals surface area (Å²) in [5.74, 6) is 1.27. The molecular weight excluding hydrogens is 467 g/mol. The normalized spacial score (nSPS) is 14.8. The molecule has 1 aliphatic heterocycles. The molecule has 0 aromatic heterocycles. The molecule has 0 N–H and O–H groups in total. The van der Waals surface area contributed by atoms with Gasteiger partial charge in [0.25, 0.3) is 5.91 Å². The third-order valence-electron chi connectivity index (χ3n) is 6.01. The predicted molar refractivity (Wildman–Crippen MR) is 132 cm³/mol. The molecule has 8 nitrogen and oxygen atoms in total. The summed E-state index contributed by atoms with van der Waals surface area (Å²) in [5, 5.41) is 5.94. The van der Waals surface area contributed by atoms with Gasteiger partial charge in [0.2, 0.25) is 5.75 Å². The van der Waals surface area contributed by atoms with E-state index < -0.39 is 17.8 Å². The molecule has 0 fully saturated rings. The van der Waals surface area contributed by atoms with E-state index in [4.69, 9.17) is 23.7 Å². The molecule has 0 saturated carbocycles. The van der Waals surface area contributed by atoms with Gasteiger partial charge >= 0.3 is 0 Å². The number of ether oxygens (including phenoxy) is 5. The van der Waals surface area contributed by atoms with Crippen molar-refractivity contribution < 1.29 is 32.9 Å². The van der Waals surface area contributed by atoms with Crippen LogP contribution in [0.25, 0.3) is 0 Å². The highest BCUT2D eigenvalue weighted by Gasteiger charge is 2.36. The molecule has 3 aromatic rings. The minimum atomic E-state index is -0.681. The van der Waals surface area contributed by atoms with Gasteiger partial charge in [-0.1, -0.05) is 18.2 Å². The molecule has 0 aliphatic carbocycles. The smallest absolute Gasteiger partial charge is 0.274 e. The zero-order valence-electron chi connectivity index (χ0n) is 20.7. The van der Waals surface area contributed by atoms with Crippen molar-refractivity contribution in [2.75, 3.05) is 35.5 Å². The fraction of sp³-hybridized carbons (Fsp3) is 0.259. The monoisotopic (exact) mass is 494 g/mol. The highest BCUT2D eigenvalue weighted by atomic mass is 19.1. The maximum Gasteiger partial charge on any atom is 0.274 e. The van der Waals surface area contributed by atoms with Crippen LogP contribution < -0.4 is 23.7 Å². The minimum absolute atomic E-state index is 0.248.